The number of hydrogen-bond acceptors (Lipinski definition) is 3. The molecule has 2 aromatic rings. The van der Waals surface area contributed by atoms with E-state index >= 15 is 0 Å². The minimum Gasteiger partial charge on any atom is -0.505 e. The molecule has 0 spiro atoms. The maximum Gasteiger partial charge on any atom is 0.144 e. The van der Waals surface area contributed by atoms with E-state index in [4.69, 9.17) is 17.3 Å². The summed E-state index contributed by atoms with van der Waals surface area (Å²) in [5.74, 6) is -0.0698. The summed E-state index contributed by atoms with van der Waals surface area (Å²) in [6.45, 7) is 1.99. The molecule has 2 aromatic carbocycles. The Hall–Kier alpha value is -1.71. The SMILES string of the molecule is CCc1cc(N)c(O)c(C(O)c2ccc(Cl)cc2)c1. The van der Waals surface area contributed by atoms with E-state index in [0.29, 0.717) is 16.1 Å². The van der Waals surface area contributed by atoms with Gasteiger partial charge >= 0.3 is 0 Å². The number of halogens is 1. The molecule has 0 aliphatic heterocycles. The number of aliphatic hydroxyl groups excluding tert-OH is 1. The molecule has 0 aliphatic rings. The molecule has 0 bridgehead atoms. The third kappa shape index (κ3) is 2.83. The van der Waals surface area contributed by atoms with Crippen LogP contribution in [0.15, 0.2) is 36.4 Å². The molecule has 100 valence electrons. The first-order chi connectivity index (χ1) is 9.02. The minimum atomic E-state index is -0.925. The second-order valence-electron chi connectivity index (χ2n) is 4.43. The van der Waals surface area contributed by atoms with Crippen LogP contribution < -0.4 is 5.73 Å². The highest BCUT2D eigenvalue weighted by Crippen LogP contribution is 2.35. The summed E-state index contributed by atoms with van der Waals surface area (Å²) < 4.78 is 0. The van der Waals surface area contributed by atoms with Gasteiger partial charge in [0.1, 0.15) is 11.9 Å². The average Bonchev–Trinajstić information content (AvgIpc) is 2.41. The molecule has 1 unspecified atom stereocenters. The van der Waals surface area contributed by atoms with Crippen LogP contribution in [-0.4, -0.2) is 10.2 Å². The van der Waals surface area contributed by atoms with Gasteiger partial charge in [0.25, 0.3) is 0 Å². The maximum atomic E-state index is 10.3. The lowest BCUT2D eigenvalue weighted by atomic mass is 9.97. The predicted octanol–water partition coefficient (Wildman–Crippen LogP) is 3.27. The van der Waals surface area contributed by atoms with E-state index in [0.717, 1.165) is 12.0 Å². The second-order valence-corrected chi connectivity index (χ2v) is 4.87. The molecule has 0 radical (unpaired) electrons. The van der Waals surface area contributed by atoms with Crippen LogP contribution in [0.4, 0.5) is 5.69 Å². The largest absolute Gasteiger partial charge is 0.505 e. The van der Waals surface area contributed by atoms with Gasteiger partial charge in [-0.3, -0.25) is 0 Å². The molecule has 0 saturated carbocycles. The van der Waals surface area contributed by atoms with Gasteiger partial charge in [-0.2, -0.15) is 0 Å². The lowest BCUT2D eigenvalue weighted by Gasteiger charge is -2.16. The van der Waals surface area contributed by atoms with Crippen LogP contribution in [-0.2, 0) is 6.42 Å². The molecule has 4 N–H and O–H groups in total. The highest BCUT2D eigenvalue weighted by molar-refractivity contribution is 6.30. The fraction of sp³-hybridized carbons (Fsp3) is 0.200. The van der Waals surface area contributed by atoms with Gasteiger partial charge in [-0.25, -0.2) is 0 Å². The summed E-state index contributed by atoms with van der Waals surface area (Å²) >= 11 is 5.82. The minimum absolute atomic E-state index is 0.0698. The quantitative estimate of drug-likeness (QED) is 0.596. The smallest absolute Gasteiger partial charge is 0.144 e. The van der Waals surface area contributed by atoms with Crippen molar-refractivity contribution in [2.24, 2.45) is 0 Å². The van der Waals surface area contributed by atoms with Crippen LogP contribution in [0.25, 0.3) is 0 Å². The topological polar surface area (TPSA) is 66.5 Å². The normalized spacial score (nSPS) is 12.4. The van der Waals surface area contributed by atoms with E-state index < -0.39 is 6.10 Å². The molecular formula is C15H16ClNO2. The van der Waals surface area contributed by atoms with Crippen LogP contribution in [0.3, 0.4) is 0 Å². The molecule has 0 fully saturated rings. The van der Waals surface area contributed by atoms with Gasteiger partial charge in [0.15, 0.2) is 0 Å². The third-order valence-electron chi connectivity index (χ3n) is 3.12. The zero-order valence-corrected chi connectivity index (χ0v) is 11.4. The lowest BCUT2D eigenvalue weighted by Crippen LogP contribution is -2.03. The van der Waals surface area contributed by atoms with E-state index in [1.807, 2.05) is 6.92 Å². The van der Waals surface area contributed by atoms with Crippen molar-refractivity contribution in [3.8, 4) is 5.75 Å². The van der Waals surface area contributed by atoms with E-state index in [1.54, 1.807) is 36.4 Å². The van der Waals surface area contributed by atoms with Gasteiger partial charge in [-0.15, -0.1) is 0 Å². The first-order valence-corrected chi connectivity index (χ1v) is 6.45. The maximum absolute atomic E-state index is 10.3. The number of aromatic hydroxyl groups is 1. The summed E-state index contributed by atoms with van der Waals surface area (Å²) in [5, 5.41) is 20.9. The Morgan fingerprint density at radius 1 is 1.21 bits per heavy atom. The number of benzene rings is 2. The van der Waals surface area contributed by atoms with Gasteiger partial charge in [0.05, 0.1) is 5.69 Å². The molecule has 0 saturated heterocycles. The van der Waals surface area contributed by atoms with Crippen molar-refractivity contribution in [3.63, 3.8) is 0 Å². The number of hydrogen-bond donors (Lipinski definition) is 3. The van der Waals surface area contributed by atoms with Crippen molar-refractivity contribution in [1.29, 1.82) is 0 Å². The lowest BCUT2D eigenvalue weighted by molar-refractivity contribution is 0.215. The summed E-state index contributed by atoms with van der Waals surface area (Å²) in [6, 6.07) is 10.3. The number of rotatable bonds is 3. The zero-order valence-electron chi connectivity index (χ0n) is 10.6. The van der Waals surface area contributed by atoms with Crippen LogP contribution in [0.2, 0.25) is 5.02 Å². The highest BCUT2D eigenvalue weighted by Gasteiger charge is 2.17. The first-order valence-electron chi connectivity index (χ1n) is 6.07. The molecular weight excluding hydrogens is 262 g/mol. The summed E-state index contributed by atoms with van der Waals surface area (Å²) in [6.07, 6.45) is -0.142. The fourth-order valence-corrected chi connectivity index (χ4v) is 2.11. The van der Waals surface area contributed by atoms with Crippen molar-refractivity contribution < 1.29 is 10.2 Å². The Balaban J connectivity index is 2.45. The molecule has 0 amide bonds. The Morgan fingerprint density at radius 2 is 1.84 bits per heavy atom. The number of nitrogens with two attached hydrogens (primary N) is 1. The molecule has 0 heterocycles. The van der Waals surface area contributed by atoms with E-state index in [1.165, 1.54) is 0 Å². The fourth-order valence-electron chi connectivity index (χ4n) is 1.98. The molecule has 0 aliphatic carbocycles. The predicted molar refractivity (Wildman–Crippen MR) is 77.4 cm³/mol. The van der Waals surface area contributed by atoms with E-state index in [9.17, 15) is 10.2 Å². The molecule has 2 rings (SSSR count). The molecule has 4 heteroatoms. The van der Waals surface area contributed by atoms with Gasteiger partial charge in [0.2, 0.25) is 0 Å². The Kier molecular flexibility index (Phi) is 3.98. The Bertz CT molecular complexity index is 581. The van der Waals surface area contributed by atoms with Crippen LogP contribution >= 0.6 is 11.6 Å². The monoisotopic (exact) mass is 277 g/mol. The molecule has 0 aromatic heterocycles. The van der Waals surface area contributed by atoms with E-state index in [-0.39, 0.29) is 11.4 Å². The van der Waals surface area contributed by atoms with Crippen molar-refractivity contribution in [2.45, 2.75) is 19.4 Å². The second kappa shape index (κ2) is 5.51. The van der Waals surface area contributed by atoms with Gasteiger partial charge < -0.3 is 15.9 Å². The molecule has 3 nitrogen and oxygen atoms in total. The van der Waals surface area contributed by atoms with Gasteiger partial charge in [-0.1, -0.05) is 30.7 Å². The van der Waals surface area contributed by atoms with Crippen molar-refractivity contribution in [3.05, 3.63) is 58.1 Å². The average molecular weight is 278 g/mol. The van der Waals surface area contributed by atoms with Crippen LogP contribution in [0, 0.1) is 0 Å². The number of phenolic OH excluding ortho intramolecular Hbond substituents is 1. The van der Waals surface area contributed by atoms with Crippen LogP contribution in [0.1, 0.15) is 29.7 Å². The first kappa shape index (κ1) is 13.7. The summed E-state index contributed by atoms with van der Waals surface area (Å²) in [5.41, 5.74) is 8.08. The van der Waals surface area contributed by atoms with Gasteiger partial charge in [0, 0.05) is 10.6 Å². The van der Waals surface area contributed by atoms with Crippen molar-refractivity contribution >= 4 is 17.3 Å². The number of nitrogen functional groups attached to an aromatic ring is 1. The van der Waals surface area contributed by atoms with Crippen LogP contribution in [0.5, 0.6) is 5.75 Å². The number of aryl methyl sites for hydroxylation is 1. The number of aliphatic hydroxyl groups is 1. The number of phenols is 1. The zero-order chi connectivity index (χ0) is 14.0. The summed E-state index contributed by atoms with van der Waals surface area (Å²) in [7, 11) is 0. The molecule has 19 heavy (non-hydrogen) atoms. The standard InChI is InChI=1S/C15H16ClNO2/c1-2-9-7-12(15(19)13(17)8-9)14(18)10-3-5-11(16)6-4-10/h3-8,14,18-19H,2,17H2,1H3. The molecule has 1 atom stereocenters. The van der Waals surface area contributed by atoms with Gasteiger partial charge in [-0.05, 0) is 41.8 Å². The Morgan fingerprint density at radius 3 is 2.42 bits per heavy atom. The summed E-state index contributed by atoms with van der Waals surface area (Å²) in [4.78, 5) is 0. The van der Waals surface area contributed by atoms with Crippen molar-refractivity contribution in [1.82, 2.24) is 0 Å². The Labute approximate surface area is 117 Å². The number of anilines is 1. The highest BCUT2D eigenvalue weighted by atomic mass is 35.5. The third-order valence-corrected chi connectivity index (χ3v) is 3.37. The van der Waals surface area contributed by atoms with E-state index in [2.05, 4.69) is 0 Å². The van der Waals surface area contributed by atoms with Crippen molar-refractivity contribution in [2.75, 3.05) is 5.73 Å².